The summed E-state index contributed by atoms with van der Waals surface area (Å²) in [5.74, 6) is -1.50. The lowest BCUT2D eigenvalue weighted by Gasteiger charge is -2.12. The Labute approximate surface area is 199 Å². The fourth-order valence-corrected chi connectivity index (χ4v) is 5.06. The minimum absolute atomic E-state index is 0.0259. The molecule has 3 aromatic carbocycles. The van der Waals surface area contributed by atoms with Crippen LogP contribution in [-0.4, -0.2) is 39.2 Å². The minimum atomic E-state index is -4.11. The van der Waals surface area contributed by atoms with Crippen molar-refractivity contribution in [2.24, 2.45) is 0 Å². The Morgan fingerprint density at radius 1 is 0.886 bits per heavy atom. The lowest BCUT2D eigenvalue weighted by molar-refractivity contribution is 0.102. The van der Waals surface area contributed by atoms with Gasteiger partial charge in [-0.2, -0.15) is 0 Å². The van der Waals surface area contributed by atoms with Crippen molar-refractivity contribution in [3.63, 3.8) is 0 Å². The summed E-state index contributed by atoms with van der Waals surface area (Å²) in [5, 5.41) is 9.89. The zero-order valence-electron chi connectivity index (χ0n) is 18.0. The summed E-state index contributed by atoms with van der Waals surface area (Å²) in [5.41, 5.74) is 0.0569. The average molecular weight is 517 g/mol. The molecule has 0 saturated carbocycles. The topological polar surface area (TPSA) is 148 Å². The molecule has 35 heavy (non-hydrogen) atoms. The van der Waals surface area contributed by atoms with E-state index < -0.39 is 31.6 Å². The average Bonchev–Trinajstić information content (AvgIpc) is 3.27. The molecule has 1 aromatic heterocycles. The molecule has 0 aliphatic heterocycles. The van der Waals surface area contributed by atoms with E-state index in [0.29, 0.717) is 0 Å². The van der Waals surface area contributed by atoms with E-state index in [1.54, 1.807) is 12.1 Å². The Kier molecular flexibility index (Phi) is 6.37. The van der Waals surface area contributed by atoms with Gasteiger partial charge in [-0.15, -0.1) is 5.10 Å². The maximum absolute atomic E-state index is 13.2. The minimum Gasteiger partial charge on any atom is -0.403 e. The summed E-state index contributed by atoms with van der Waals surface area (Å²) in [6.45, 7) is 0. The molecule has 0 spiro atoms. The summed E-state index contributed by atoms with van der Waals surface area (Å²) < 4.78 is 70.3. The van der Waals surface area contributed by atoms with E-state index in [-0.39, 0.29) is 38.5 Å². The molecule has 1 amide bonds. The maximum Gasteiger partial charge on any atom is 0.322 e. The molecule has 13 heteroatoms. The van der Waals surface area contributed by atoms with Gasteiger partial charge in [-0.3, -0.25) is 14.8 Å². The molecule has 0 saturated heterocycles. The molecular weight excluding hydrogens is 499 g/mol. The van der Waals surface area contributed by atoms with Crippen LogP contribution in [-0.2, 0) is 19.9 Å². The van der Waals surface area contributed by atoms with Crippen molar-refractivity contribution in [1.29, 1.82) is 0 Å². The van der Waals surface area contributed by atoms with Crippen LogP contribution in [0.1, 0.15) is 10.4 Å². The quantitative estimate of drug-likeness (QED) is 0.380. The molecule has 1 heterocycles. The van der Waals surface area contributed by atoms with E-state index in [1.165, 1.54) is 36.4 Å². The van der Waals surface area contributed by atoms with Crippen molar-refractivity contribution in [3.05, 3.63) is 84.2 Å². The van der Waals surface area contributed by atoms with Crippen LogP contribution in [0.3, 0.4) is 0 Å². The first kappa shape index (κ1) is 24.0. The zero-order chi connectivity index (χ0) is 25.2. The Hall–Kier alpha value is -4.10. The lowest BCUT2D eigenvalue weighted by atomic mass is 10.2. The van der Waals surface area contributed by atoms with Gasteiger partial charge in [0.15, 0.2) is 9.84 Å². The number of sulfone groups is 1. The second-order valence-corrected chi connectivity index (χ2v) is 10.9. The van der Waals surface area contributed by atoms with Crippen LogP contribution in [0.4, 0.5) is 16.1 Å². The van der Waals surface area contributed by atoms with Crippen molar-refractivity contribution in [1.82, 2.24) is 10.2 Å². The zero-order valence-corrected chi connectivity index (χ0v) is 19.6. The van der Waals surface area contributed by atoms with E-state index in [9.17, 15) is 26.0 Å². The van der Waals surface area contributed by atoms with Gasteiger partial charge in [0.05, 0.1) is 26.6 Å². The molecule has 4 aromatic rings. The Morgan fingerprint density at radius 2 is 1.54 bits per heavy atom. The molecule has 4 rings (SSSR count). The van der Waals surface area contributed by atoms with Crippen LogP contribution in [0.25, 0.3) is 11.5 Å². The molecule has 0 aliphatic rings. The molecular formula is C22H17FN4O6S2. The number of nitrogens with one attached hydrogen (secondary N) is 2. The van der Waals surface area contributed by atoms with E-state index in [1.807, 2.05) is 0 Å². The molecule has 10 nitrogen and oxygen atoms in total. The number of halogens is 1. The van der Waals surface area contributed by atoms with Gasteiger partial charge >= 0.3 is 6.01 Å². The van der Waals surface area contributed by atoms with Gasteiger partial charge < -0.3 is 4.42 Å². The van der Waals surface area contributed by atoms with Gasteiger partial charge in [0.25, 0.3) is 21.8 Å². The van der Waals surface area contributed by atoms with Gasteiger partial charge in [-0.25, -0.2) is 21.2 Å². The predicted molar refractivity (Wildman–Crippen MR) is 124 cm³/mol. The van der Waals surface area contributed by atoms with Gasteiger partial charge in [-0.05, 0) is 48.5 Å². The van der Waals surface area contributed by atoms with Crippen molar-refractivity contribution >= 4 is 37.5 Å². The number of aromatic nitrogens is 2. The third-order valence-electron chi connectivity index (χ3n) is 4.70. The van der Waals surface area contributed by atoms with Crippen LogP contribution in [0, 0.1) is 5.82 Å². The highest BCUT2D eigenvalue weighted by molar-refractivity contribution is 7.92. The molecule has 0 atom stereocenters. The van der Waals surface area contributed by atoms with Crippen LogP contribution in [0.15, 0.2) is 87.0 Å². The summed E-state index contributed by atoms with van der Waals surface area (Å²) in [7, 11) is -7.70. The van der Waals surface area contributed by atoms with Crippen molar-refractivity contribution in [2.75, 3.05) is 16.3 Å². The van der Waals surface area contributed by atoms with Crippen LogP contribution >= 0.6 is 0 Å². The number of benzene rings is 3. The number of anilines is 2. The first-order valence-electron chi connectivity index (χ1n) is 9.86. The number of para-hydroxylation sites is 1. The fourth-order valence-electron chi connectivity index (χ4n) is 3.10. The molecule has 180 valence electrons. The van der Waals surface area contributed by atoms with E-state index in [4.69, 9.17) is 4.42 Å². The molecule has 0 fully saturated rings. The standard InChI is InChI=1S/C22H17FN4O6S2/c1-34(29,30)19-9-5-3-7-17(19)21-25-26-22(33-21)24-20(28)16-6-2-4-8-18(16)27-35(31,32)15-12-10-14(23)11-13-15/h2-13,27H,1H3,(H,24,26,28). The number of hydrogen-bond donors (Lipinski definition) is 2. The number of carbonyl (C=O) groups is 1. The molecule has 2 N–H and O–H groups in total. The number of nitrogens with zero attached hydrogens (tertiary/aromatic N) is 2. The SMILES string of the molecule is CS(=O)(=O)c1ccccc1-c1nnc(NC(=O)c2ccccc2NS(=O)(=O)c2ccc(F)cc2)o1. The summed E-state index contributed by atoms with van der Waals surface area (Å²) in [4.78, 5) is 12.6. The Bertz CT molecular complexity index is 1620. The van der Waals surface area contributed by atoms with Crippen molar-refractivity contribution in [3.8, 4) is 11.5 Å². The molecule has 0 aliphatic carbocycles. The van der Waals surface area contributed by atoms with Crippen LogP contribution < -0.4 is 10.0 Å². The number of sulfonamides is 1. The fraction of sp³-hybridized carbons (Fsp3) is 0.0455. The van der Waals surface area contributed by atoms with E-state index in [2.05, 4.69) is 20.2 Å². The summed E-state index contributed by atoms with van der Waals surface area (Å²) >= 11 is 0. The number of carbonyl (C=O) groups excluding carboxylic acids is 1. The van der Waals surface area contributed by atoms with E-state index in [0.717, 1.165) is 30.5 Å². The number of hydrogen-bond acceptors (Lipinski definition) is 8. The highest BCUT2D eigenvalue weighted by Crippen LogP contribution is 2.28. The Morgan fingerprint density at radius 3 is 2.26 bits per heavy atom. The smallest absolute Gasteiger partial charge is 0.322 e. The highest BCUT2D eigenvalue weighted by atomic mass is 32.2. The van der Waals surface area contributed by atoms with Crippen LogP contribution in [0.5, 0.6) is 0 Å². The number of rotatable bonds is 7. The second kappa shape index (κ2) is 9.27. The predicted octanol–water partition coefficient (Wildman–Crippen LogP) is 3.33. The van der Waals surface area contributed by atoms with E-state index >= 15 is 0 Å². The third-order valence-corrected chi connectivity index (χ3v) is 7.24. The second-order valence-electron chi connectivity index (χ2n) is 7.24. The number of amides is 1. The molecule has 0 bridgehead atoms. The maximum atomic E-state index is 13.2. The van der Waals surface area contributed by atoms with Crippen molar-refractivity contribution in [2.45, 2.75) is 9.79 Å². The first-order valence-corrected chi connectivity index (χ1v) is 13.2. The summed E-state index contributed by atoms with van der Waals surface area (Å²) in [6.07, 6.45) is 1.04. The lowest BCUT2D eigenvalue weighted by Crippen LogP contribution is -2.18. The van der Waals surface area contributed by atoms with Crippen LogP contribution in [0.2, 0.25) is 0 Å². The third kappa shape index (κ3) is 5.36. The normalized spacial score (nSPS) is 11.7. The highest BCUT2D eigenvalue weighted by Gasteiger charge is 2.22. The summed E-state index contributed by atoms with van der Waals surface area (Å²) in [6, 6.07) is 15.6. The van der Waals surface area contributed by atoms with Crippen molar-refractivity contribution < 1.29 is 30.4 Å². The van der Waals surface area contributed by atoms with Gasteiger partial charge in [0.2, 0.25) is 0 Å². The molecule has 0 unspecified atom stereocenters. The molecule has 0 radical (unpaired) electrons. The van der Waals surface area contributed by atoms with Gasteiger partial charge in [0, 0.05) is 6.26 Å². The largest absolute Gasteiger partial charge is 0.403 e. The van der Waals surface area contributed by atoms with Gasteiger partial charge in [0.1, 0.15) is 5.82 Å². The first-order chi connectivity index (χ1) is 16.5. The monoisotopic (exact) mass is 516 g/mol. The van der Waals surface area contributed by atoms with Gasteiger partial charge in [-0.1, -0.05) is 29.4 Å². The Balaban J connectivity index is 1.58.